The van der Waals surface area contributed by atoms with Gasteiger partial charge in [0, 0.05) is 5.69 Å². The SMILES string of the molecule is O=C(O)C(COC(=O)C(O)C(O)C(=O)O)Nc1ccccc1. The predicted octanol–water partition coefficient (Wildman–Crippen LogP) is -1.10. The van der Waals surface area contributed by atoms with Crippen LogP contribution in [0.4, 0.5) is 5.69 Å². The lowest BCUT2D eigenvalue weighted by atomic mass is 10.2. The summed E-state index contributed by atoms with van der Waals surface area (Å²) >= 11 is 0. The Balaban J connectivity index is 2.60. The van der Waals surface area contributed by atoms with Crippen molar-refractivity contribution < 1.29 is 39.5 Å². The Labute approximate surface area is 124 Å². The van der Waals surface area contributed by atoms with Gasteiger partial charge in [0.2, 0.25) is 0 Å². The molecule has 0 amide bonds. The number of carbonyl (C=O) groups is 3. The van der Waals surface area contributed by atoms with Crippen LogP contribution in [0.5, 0.6) is 0 Å². The minimum absolute atomic E-state index is 0.470. The average molecular weight is 313 g/mol. The fourth-order valence-corrected chi connectivity index (χ4v) is 1.43. The third-order valence-electron chi connectivity index (χ3n) is 2.60. The molecule has 0 aliphatic rings. The number of benzene rings is 1. The number of aliphatic hydroxyl groups excluding tert-OH is 2. The number of esters is 1. The summed E-state index contributed by atoms with van der Waals surface area (Å²) < 4.78 is 4.52. The number of carboxylic acid groups (broad SMARTS) is 2. The van der Waals surface area contributed by atoms with Crippen molar-refractivity contribution in [3.8, 4) is 0 Å². The molecule has 3 atom stereocenters. The molecular weight excluding hydrogens is 298 g/mol. The molecule has 0 heterocycles. The summed E-state index contributed by atoms with van der Waals surface area (Å²) in [5.74, 6) is -4.55. The Morgan fingerprint density at radius 3 is 2.09 bits per heavy atom. The van der Waals surface area contributed by atoms with Crippen LogP contribution in [0.2, 0.25) is 0 Å². The molecule has 0 aliphatic heterocycles. The van der Waals surface area contributed by atoms with Gasteiger partial charge in [-0.05, 0) is 12.1 Å². The summed E-state index contributed by atoms with van der Waals surface area (Å²) in [5.41, 5.74) is 0.470. The van der Waals surface area contributed by atoms with Gasteiger partial charge in [-0.3, -0.25) is 0 Å². The summed E-state index contributed by atoms with van der Waals surface area (Å²) in [6.07, 6.45) is -4.65. The number of carboxylic acids is 2. The van der Waals surface area contributed by atoms with Crippen LogP contribution in [0.1, 0.15) is 0 Å². The van der Waals surface area contributed by atoms with E-state index in [1.165, 1.54) is 0 Å². The van der Waals surface area contributed by atoms with Gasteiger partial charge in [-0.25, -0.2) is 14.4 Å². The molecule has 22 heavy (non-hydrogen) atoms. The zero-order valence-corrected chi connectivity index (χ0v) is 11.2. The molecule has 1 rings (SSSR count). The smallest absolute Gasteiger partial charge is 0.338 e. The minimum atomic E-state index is -2.35. The third kappa shape index (κ3) is 5.04. The molecule has 0 fully saturated rings. The van der Waals surface area contributed by atoms with Crippen LogP contribution in [0.3, 0.4) is 0 Å². The monoisotopic (exact) mass is 313 g/mol. The lowest BCUT2D eigenvalue weighted by molar-refractivity contribution is -0.170. The number of anilines is 1. The molecule has 0 aromatic heterocycles. The zero-order valence-electron chi connectivity index (χ0n) is 11.2. The standard InChI is InChI=1S/C13H15NO8/c15-9(12(19)20)10(16)13(21)22-6-8(11(17)18)14-7-4-2-1-3-5-7/h1-5,8-10,14-16H,6H2,(H,17,18)(H,19,20). The first-order valence-corrected chi connectivity index (χ1v) is 6.13. The van der Waals surface area contributed by atoms with Crippen LogP contribution in [0.15, 0.2) is 30.3 Å². The van der Waals surface area contributed by atoms with Crippen molar-refractivity contribution in [1.29, 1.82) is 0 Å². The summed E-state index contributed by atoms with van der Waals surface area (Å²) in [5, 5.41) is 38.3. The number of hydrogen-bond donors (Lipinski definition) is 5. The maximum Gasteiger partial charge on any atom is 0.338 e. The Bertz CT molecular complexity index is 532. The number of carbonyl (C=O) groups excluding carboxylic acids is 1. The van der Waals surface area contributed by atoms with Crippen molar-refractivity contribution in [3.05, 3.63) is 30.3 Å². The van der Waals surface area contributed by atoms with Crippen LogP contribution >= 0.6 is 0 Å². The van der Waals surface area contributed by atoms with Crippen molar-refractivity contribution in [2.45, 2.75) is 18.2 Å². The van der Waals surface area contributed by atoms with E-state index in [1.54, 1.807) is 30.3 Å². The molecule has 3 unspecified atom stereocenters. The number of ether oxygens (including phenoxy) is 1. The van der Waals surface area contributed by atoms with Gasteiger partial charge in [0.1, 0.15) is 6.61 Å². The number of para-hydroxylation sites is 1. The lowest BCUT2D eigenvalue weighted by Crippen LogP contribution is -2.43. The van der Waals surface area contributed by atoms with Crippen LogP contribution in [0, 0.1) is 0 Å². The number of rotatable bonds is 8. The highest BCUT2D eigenvalue weighted by molar-refractivity contribution is 5.84. The second kappa shape index (κ2) is 7.96. The van der Waals surface area contributed by atoms with Crippen LogP contribution < -0.4 is 5.32 Å². The number of nitrogens with one attached hydrogen (secondary N) is 1. The highest BCUT2D eigenvalue weighted by atomic mass is 16.6. The van der Waals surface area contributed by atoms with Crippen molar-refractivity contribution in [2.24, 2.45) is 0 Å². The molecule has 1 aromatic rings. The third-order valence-corrected chi connectivity index (χ3v) is 2.60. The first kappa shape index (κ1) is 17.4. The van der Waals surface area contributed by atoms with Crippen LogP contribution in [-0.4, -0.2) is 63.2 Å². The van der Waals surface area contributed by atoms with E-state index < -0.39 is 42.8 Å². The first-order chi connectivity index (χ1) is 10.3. The first-order valence-electron chi connectivity index (χ1n) is 6.13. The summed E-state index contributed by atoms with van der Waals surface area (Å²) in [7, 11) is 0. The Morgan fingerprint density at radius 2 is 1.59 bits per heavy atom. The van der Waals surface area contributed by atoms with E-state index in [1.807, 2.05) is 0 Å². The maximum atomic E-state index is 11.4. The predicted molar refractivity (Wildman–Crippen MR) is 72.1 cm³/mol. The minimum Gasteiger partial charge on any atom is -0.480 e. The molecule has 5 N–H and O–H groups in total. The molecule has 0 bridgehead atoms. The van der Waals surface area contributed by atoms with E-state index in [4.69, 9.17) is 15.3 Å². The van der Waals surface area contributed by atoms with Gasteiger partial charge in [-0.1, -0.05) is 18.2 Å². The van der Waals surface area contributed by atoms with Gasteiger partial charge in [-0.15, -0.1) is 0 Å². The number of aliphatic carboxylic acids is 2. The summed E-state index contributed by atoms with van der Waals surface area (Å²) in [6.45, 7) is -0.660. The fraction of sp³-hybridized carbons (Fsp3) is 0.308. The Hall–Kier alpha value is -2.65. The van der Waals surface area contributed by atoms with Gasteiger partial charge in [-0.2, -0.15) is 0 Å². The van der Waals surface area contributed by atoms with E-state index in [2.05, 4.69) is 10.1 Å². The molecule has 9 nitrogen and oxygen atoms in total. The molecular formula is C13H15NO8. The van der Waals surface area contributed by atoms with E-state index in [9.17, 15) is 19.5 Å². The van der Waals surface area contributed by atoms with Gasteiger partial charge in [0.15, 0.2) is 18.2 Å². The normalized spacial score (nSPS) is 14.5. The quantitative estimate of drug-likeness (QED) is 0.376. The fourth-order valence-electron chi connectivity index (χ4n) is 1.43. The molecule has 9 heteroatoms. The molecule has 0 aliphatic carbocycles. The second-order valence-corrected chi connectivity index (χ2v) is 4.26. The van der Waals surface area contributed by atoms with E-state index in [-0.39, 0.29) is 0 Å². The second-order valence-electron chi connectivity index (χ2n) is 4.26. The Kier molecular flexibility index (Phi) is 6.29. The van der Waals surface area contributed by atoms with Crippen molar-refractivity contribution >= 4 is 23.6 Å². The van der Waals surface area contributed by atoms with E-state index >= 15 is 0 Å². The summed E-state index contributed by atoms with van der Waals surface area (Å²) in [4.78, 5) is 32.8. The molecule has 0 saturated carbocycles. The van der Waals surface area contributed by atoms with Gasteiger partial charge in [0.25, 0.3) is 0 Å². The van der Waals surface area contributed by atoms with Gasteiger partial charge in [0.05, 0.1) is 0 Å². The van der Waals surface area contributed by atoms with E-state index in [0.717, 1.165) is 0 Å². The van der Waals surface area contributed by atoms with Gasteiger partial charge >= 0.3 is 17.9 Å². The number of aliphatic hydroxyl groups is 2. The highest BCUT2D eigenvalue weighted by Crippen LogP contribution is 2.08. The zero-order chi connectivity index (χ0) is 16.7. The maximum absolute atomic E-state index is 11.4. The Morgan fingerprint density at radius 1 is 1.00 bits per heavy atom. The lowest BCUT2D eigenvalue weighted by Gasteiger charge is -2.18. The van der Waals surface area contributed by atoms with Crippen molar-refractivity contribution in [3.63, 3.8) is 0 Å². The molecule has 0 spiro atoms. The average Bonchev–Trinajstić information content (AvgIpc) is 2.50. The van der Waals surface area contributed by atoms with Crippen molar-refractivity contribution in [1.82, 2.24) is 0 Å². The number of hydrogen-bond acceptors (Lipinski definition) is 7. The molecule has 120 valence electrons. The van der Waals surface area contributed by atoms with E-state index in [0.29, 0.717) is 5.69 Å². The molecule has 0 saturated heterocycles. The van der Waals surface area contributed by atoms with Gasteiger partial charge < -0.3 is 30.5 Å². The largest absolute Gasteiger partial charge is 0.480 e. The summed E-state index contributed by atoms with van der Waals surface area (Å²) in [6, 6.07) is 6.95. The topological polar surface area (TPSA) is 153 Å². The molecule has 0 radical (unpaired) electrons. The van der Waals surface area contributed by atoms with Crippen LogP contribution in [0.25, 0.3) is 0 Å². The molecule has 1 aromatic carbocycles. The highest BCUT2D eigenvalue weighted by Gasteiger charge is 2.32. The van der Waals surface area contributed by atoms with Crippen molar-refractivity contribution in [2.75, 3.05) is 11.9 Å². The van der Waals surface area contributed by atoms with Crippen LogP contribution in [-0.2, 0) is 19.1 Å².